The average Bonchev–Trinajstić information content (AvgIpc) is 2.59. The first kappa shape index (κ1) is 17.2. The maximum absolute atomic E-state index is 6.16. The molecule has 2 N–H and O–H groups in total. The van der Waals surface area contributed by atoms with Gasteiger partial charge >= 0.3 is 0 Å². The van der Waals surface area contributed by atoms with Crippen LogP contribution < -0.4 is 10.6 Å². The standard InChI is InChI=1S/C19H20ClN5/c1-12(2)15-6-4-5-7-17(15)23-19-24-18(11-21-25-19)22-14-9-8-13(3)16(20)10-14/h4-12H,1-3H3,(H2,22,23,24,25). The highest BCUT2D eigenvalue weighted by molar-refractivity contribution is 6.31. The summed E-state index contributed by atoms with van der Waals surface area (Å²) in [6.45, 7) is 6.27. The van der Waals surface area contributed by atoms with E-state index in [-0.39, 0.29) is 0 Å². The van der Waals surface area contributed by atoms with Crippen LogP contribution in [0.25, 0.3) is 0 Å². The summed E-state index contributed by atoms with van der Waals surface area (Å²) in [4.78, 5) is 4.48. The highest BCUT2D eigenvalue weighted by Crippen LogP contribution is 2.26. The lowest BCUT2D eigenvalue weighted by Crippen LogP contribution is -2.04. The summed E-state index contributed by atoms with van der Waals surface area (Å²) in [5.74, 6) is 1.43. The van der Waals surface area contributed by atoms with Crippen LogP contribution in [0.1, 0.15) is 30.9 Å². The number of aryl methyl sites for hydroxylation is 1. The van der Waals surface area contributed by atoms with Crippen molar-refractivity contribution in [2.24, 2.45) is 0 Å². The first-order valence-corrected chi connectivity index (χ1v) is 8.49. The normalized spacial score (nSPS) is 10.8. The van der Waals surface area contributed by atoms with Crippen molar-refractivity contribution in [2.45, 2.75) is 26.7 Å². The summed E-state index contributed by atoms with van der Waals surface area (Å²) < 4.78 is 0. The van der Waals surface area contributed by atoms with E-state index < -0.39 is 0 Å². The maximum Gasteiger partial charge on any atom is 0.249 e. The molecule has 0 atom stereocenters. The van der Waals surface area contributed by atoms with Gasteiger partial charge in [-0.15, -0.1) is 5.10 Å². The summed E-state index contributed by atoms with van der Waals surface area (Å²) in [6, 6.07) is 13.9. The summed E-state index contributed by atoms with van der Waals surface area (Å²) in [7, 11) is 0. The van der Waals surface area contributed by atoms with Crippen LogP contribution in [0.5, 0.6) is 0 Å². The van der Waals surface area contributed by atoms with Crippen LogP contribution >= 0.6 is 11.6 Å². The summed E-state index contributed by atoms with van der Waals surface area (Å²) in [6.07, 6.45) is 1.58. The Balaban J connectivity index is 1.81. The second kappa shape index (κ2) is 7.49. The van der Waals surface area contributed by atoms with Crippen LogP contribution in [0.4, 0.5) is 23.1 Å². The molecule has 0 unspecified atom stereocenters. The molecule has 0 fully saturated rings. The van der Waals surface area contributed by atoms with Gasteiger partial charge in [-0.05, 0) is 42.2 Å². The molecule has 0 radical (unpaired) electrons. The van der Waals surface area contributed by atoms with Crippen LogP contribution in [-0.4, -0.2) is 15.2 Å². The Labute approximate surface area is 152 Å². The Hall–Kier alpha value is -2.66. The van der Waals surface area contributed by atoms with E-state index in [9.17, 15) is 0 Å². The van der Waals surface area contributed by atoms with Gasteiger partial charge in [-0.1, -0.05) is 49.7 Å². The molecule has 5 nitrogen and oxygen atoms in total. The molecule has 0 bridgehead atoms. The number of anilines is 4. The molecule has 0 saturated carbocycles. The van der Waals surface area contributed by atoms with Crippen molar-refractivity contribution in [2.75, 3.05) is 10.6 Å². The van der Waals surface area contributed by atoms with Crippen LogP contribution in [0.2, 0.25) is 5.02 Å². The lowest BCUT2D eigenvalue weighted by Gasteiger charge is -2.13. The molecule has 25 heavy (non-hydrogen) atoms. The lowest BCUT2D eigenvalue weighted by atomic mass is 10.0. The van der Waals surface area contributed by atoms with Crippen molar-refractivity contribution >= 4 is 34.7 Å². The fraction of sp³-hybridized carbons (Fsp3) is 0.211. The Morgan fingerprint density at radius 1 is 1.04 bits per heavy atom. The van der Waals surface area contributed by atoms with E-state index in [2.05, 4.69) is 45.7 Å². The number of rotatable bonds is 5. The molecule has 6 heteroatoms. The second-order valence-electron chi connectivity index (χ2n) is 6.12. The molecule has 0 aliphatic carbocycles. The molecule has 0 aliphatic rings. The minimum Gasteiger partial charge on any atom is -0.339 e. The second-order valence-corrected chi connectivity index (χ2v) is 6.53. The van der Waals surface area contributed by atoms with E-state index in [1.165, 1.54) is 5.56 Å². The van der Waals surface area contributed by atoms with Crippen LogP contribution in [0, 0.1) is 6.92 Å². The van der Waals surface area contributed by atoms with Crippen molar-refractivity contribution in [1.82, 2.24) is 15.2 Å². The zero-order valence-electron chi connectivity index (χ0n) is 14.4. The van der Waals surface area contributed by atoms with Gasteiger partial charge in [-0.3, -0.25) is 0 Å². The van der Waals surface area contributed by atoms with E-state index in [4.69, 9.17) is 11.6 Å². The van der Waals surface area contributed by atoms with E-state index in [1.807, 2.05) is 43.3 Å². The third kappa shape index (κ3) is 4.25. The lowest BCUT2D eigenvalue weighted by molar-refractivity contribution is 0.867. The van der Waals surface area contributed by atoms with E-state index in [0.29, 0.717) is 22.7 Å². The SMILES string of the molecule is Cc1ccc(Nc2cnnc(Nc3ccccc3C(C)C)n2)cc1Cl. The van der Waals surface area contributed by atoms with Gasteiger partial charge < -0.3 is 10.6 Å². The van der Waals surface area contributed by atoms with Crippen molar-refractivity contribution in [3.8, 4) is 0 Å². The van der Waals surface area contributed by atoms with E-state index >= 15 is 0 Å². The zero-order chi connectivity index (χ0) is 17.8. The molecule has 1 aromatic heterocycles. The number of halogens is 1. The summed E-state index contributed by atoms with van der Waals surface area (Å²) in [5, 5.41) is 15.2. The predicted molar refractivity (Wildman–Crippen MR) is 103 cm³/mol. The molecule has 0 saturated heterocycles. The minimum absolute atomic E-state index is 0.396. The summed E-state index contributed by atoms with van der Waals surface area (Å²) >= 11 is 6.16. The Morgan fingerprint density at radius 3 is 2.60 bits per heavy atom. The monoisotopic (exact) mass is 353 g/mol. The third-order valence-corrected chi connectivity index (χ3v) is 4.24. The topological polar surface area (TPSA) is 62.7 Å². The number of para-hydroxylation sites is 1. The van der Waals surface area contributed by atoms with Crippen LogP contribution in [0.15, 0.2) is 48.7 Å². The molecule has 2 aromatic carbocycles. The van der Waals surface area contributed by atoms with Gasteiger partial charge in [0.25, 0.3) is 0 Å². The number of hydrogen-bond donors (Lipinski definition) is 2. The van der Waals surface area contributed by atoms with Crippen molar-refractivity contribution in [3.05, 3.63) is 64.8 Å². The van der Waals surface area contributed by atoms with Crippen molar-refractivity contribution in [3.63, 3.8) is 0 Å². The average molecular weight is 354 g/mol. The molecule has 3 rings (SSSR count). The van der Waals surface area contributed by atoms with Crippen LogP contribution in [0.3, 0.4) is 0 Å². The Bertz CT molecular complexity index is 879. The Morgan fingerprint density at radius 2 is 1.84 bits per heavy atom. The fourth-order valence-corrected chi connectivity index (χ4v) is 2.65. The predicted octanol–water partition coefficient (Wildman–Crippen LogP) is 5.44. The van der Waals surface area contributed by atoms with Gasteiger partial charge in [-0.25, -0.2) is 0 Å². The van der Waals surface area contributed by atoms with Crippen molar-refractivity contribution < 1.29 is 0 Å². The highest BCUT2D eigenvalue weighted by Gasteiger charge is 2.08. The molecule has 0 spiro atoms. The summed E-state index contributed by atoms with van der Waals surface area (Å²) in [5.41, 5.74) is 4.06. The first-order chi connectivity index (χ1) is 12.0. The Kier molecular flexibility index (Phi) is 5.14. The number of benzene rings is 2. The zero-order valence-corrected chi connectivity index (χ0v) is 15.2. The van der Waals surface area contributed by atoms with Crippen molar-refractivity contribution in [1.29, 1.82) is 0 Å². The molecular formula is C19H20ClN5. The van der Waals surface area contributed by atoms with Gasteiger partial charge in [-0.2, -0.15) is 10.1 Å². The number of aromatic nitrogens is 3. The van der Waals surface area contributed by atoms with E-state index in [0.717, 1.165) is 16.9 Å². The van der Waals surface area contributed by atoms with Crippen LogP contribution in [-0.2, 0) is 0 Å². The van der Waals surface area contributed by atoms with Gasteiger partial charge in [0.15, 0.2) is 5.82 Å². The number of nitrogens with zero attached hydrogens (tertiary/aromatic N) is 3. The molecule has 3 aromatic rings. The molecule has 0 amide bonds. The largest absolute Gasteiger partial charge is 0.339 e. The fourth-order valence-electron chi connectivity index (χ4n) is 2.47. The smallest absolute Gasteiger partial charge is 0.249 e. The molecular weight excluding hydrogens is 334 g/mol. The minimum atomic E-state index is 0.396. The van der Waals surface area contributed by atoms with Gasteiger partial charge in [0.05, 0.1) is 6.20 Å². The molecule has 0 aliphatic heterocycles. The molecule has 1 heterocycles. The number of hydrogen-bond acceptors (Lipinski definition) is 5. The maximum atomic E-state index is 6.16. The van der Waals surface area contributed by atoms with Gasteiger partial charge in [0.1, 0.15) is 0 Å². The van der Waals surface area contributed by atoms with E-state index in [1.54, 1.807) is 6.20 Å². The van der Waals surface area contributed by atoms with Gasteiger partial charge in [0, 0.05) is 16.4 Å². The first-order valence-electron chi connectivity index (χ1n) is 8.12. The third-order valence-electron chi connectivity index (χ3n) is 3.83. The highest BCUT2D eigenvalue weighted by atomic mass is 35.5. The number of nitrogens with one attached hydrogen (secondary N) is 2. The quantitative estimate of drug-likeness (QED) is 0.639. The van der Waals surface area contributed by atoms with Gasteiger partial charge in [0.2, 0.25) is 5.95 Å². The molecule has 128 valence electrons.